The molecule has 0 radical (unpaired) electrons. The lowest BCUT2D eigenvalue weighted by molar-refractivity contribution is 0.00686. The lowest BCUT2D eigenvalue weighted by Crippen LogP contribution is -2.27. The van der Waals surface area contributed by atoms with Crippen LogP contribution in [0.2, 0.25) is 0 Å². The van der Waals surface area contributed by atoms with Crippen LogP contribution in [0.15, 0.2) is 24.3 Å². The number of carbonyl (C=O) groups is 1. The van der Waals surface area contributed by atoms with Gasteiger partial charge in [0, 0.05) is 17.8 Å². The fourth-order valence-electron chi connectivity index (χ4n) is 3.44. The van der Waals surface area contributed by atoms with E-state index in [4.69, 9.17) is 15.5 Å². The Morgan fingerprint density at radius 3 is 2.07 bits per heavy atom. The van der Waals surface area contributed by atoms with E-state index in [2.05, 4.69) is 52.0 Å². The van der Waals surface area contributed by atoms with Crippen LogP contribution in [0, 0.1) is 12.3 Å². The van der Waals surface area contributed by atoms with Gasteiger partial charge in [-0.2, -0.15) is 0 Å². The first-order valence-corrected chi connectivity index (χ1v) is 10.4. The Bertz CT molecular complexity index is 870. The molecule has 2 rings (SSSR count). The minimum Gasteiger partial charge on any atom is -0.456 e. The number of benzene rings is 1. The second kappa shape index (κ2) is 8.66. The molecule has 2 N–H and O–H groups in total. The van der Waals surface area contributed by atoms with Crippen LogP contribution in [-0.4, -0.2) is 16.6 Å². The molecule has 0 aliphatic carbocycles. The Morgan fingerprint density at radius 1 is 1.03 bits per heavy atom. The van der Waals surface area contributed by atoms with Crippen LogP contribution in [0.1, 0.15) is 81.3 Å². The van der Waals surface area contributed by atoms with Gasteiger partial charge in [-0.3, -0.25) is 4.98 Å². The Kier molecular flexibility index (Phi) is 6.89. The predicted octanol–water partition coefficient (Wildman–Crippen LogP) is 5.62. The lowest BCUT2D eigenvalue weighted by atomic mass is 9.84. The standard InChI is InChI=1S/C25H36N2O2/c1-9-19-22(23(28)29-25(6,7)8)21(17-12-10-16(2)11-13-17)18(15-26)20(27-19)14-24(3,4)5/h10-13H,9,14-15,26H2,1-8H3. The van der Waals surface area contributed by atoms with Crippen molar-refractivity contribution in [1.29, 1.82) is 0 Å². The third-order valence-corrected chi connectivity index (χ3v) is 4.64. The fourth-order valence-corrected chi connectivity index (χ4v) is 3.44. The molecule has 0 unspecified atom stereocenters. The Hall–Kier alpha value is -2.20. The zero-order valence-corrected chi connectivity index (χ0v) is 19.3. The smallest absolute Gasteiger partial charge is 0.341 e. The van der Waals surface area contributed by atoms with Gasteiger partial charge < -0.3 is 10.5 Å². The molecule has 0 saturated carbocycles. The Labute approximate surface area is 175 Å². The van der Waals surface area contributed by atoms with Gasteiger partial charge in [-0.15, -0.1) is 0 Å². The van der Waals surface area contributed by atoms with Crippen LogP contribution in [0.4, 0.5) is 0 Å². The number of pyridine rings is 1. The maximum absolute atomic E-state index is 13.3. The van der Waals surface area contributed by atoms with Crippen LogP contribution < -0.4 is 5.73 Å². The number of esters is 1. The summed E-state index contributed by atoms with van der Waals surface area (Å²) in [5.74, 6) is -0.338. The molecule has 0 saturated heterocycles. The third kappa shape index (κ3) is 5.89. The zero-order valence-electron chi connectivity index (χ0n) is 19.3. The van der Waals surface area contributed by atoms with Crippen molar-refractivity contribution < 1.29 is 9.53 Å². The van der Waals surface area contributed by atoms with Gasteiger partial charge in [0.1, 0.15) is 5.60 Å². The number of rotatable bonds is 5. The summed E-state index contributed by atoms with van der Waals surface area (Å²) >= 11 is 0. The molecule has 4 heteroatoms. The van der Waals surface area contributed by atoms with Gasteiger partial charge >= 0.3 is 5.97 Å². The predicted molar refractivity (Wildman–Crippen MR) is 120 cm³/mol. The highest BCUT2D eigenvalue weighted by Crippen LogP contribution is 2.35. The van der Waals surface area contributed by atoms with E-state index in [9.17, 15) is 4.79 Å². The second-order valence-corrected chi connectivity index (χ2v) is 9.90. The van der Waals surface area contributed by atoms with E-state index in [1.165, 1.54) is 5.56 Å². The molecule has 158 valence electrons. The van der Waals surface area contributed by atoms with E-state index in [1.807, 2.05) is 27.7 Å². The normalized spacial score (nSPS) is 12.2. The number of hydrogen-bond donors (Lipinski definition) is 1. The number of carbonyl (C=O) groups excluding carboxylic acids is 1. The minimum absolute atomic E-state index is 0.0555. The third-order valence-electron chi connectivity index (χ3n) is 4.64. The van der Waals surface area contributed by atoms with Crippen molar-refractivity contribution in [3.8, 4) is 11.1 Å². The van der Waals surface area contributed by atoms with Gasteiger partial charge in [-0.25, -0.2) is 4.79 Å². The van der Waals surface area contributed by atoms with Crippen LogP contribution in [0.5, 0.6) is 0 Å². The Morgan fingerprint density at radius 2 is 1.62 bits per heavy atom. The number of aromatic nitrogens is 1. The highest BCUT2D eigenvalue weighted by Gasteiger charge is 2.29. The minimum atomic E-state index is -0.584. The van der Waals surface area contributed by atoms with Crippen molar-refractivity contribution >= 4 is 5.97 Å². The van der Waals surface area contributed by atoms with Gasteiger partial charge in [0.2, 0.25) is 0 Å². The first-order chi connectivity index (χ1) is 13.4. The highest BCUT2D eigenvalue weighted by molar-refractivity contribution is 5.99. The monoisotopic (exact) mass is 396 g/mol. The summed E-state index contributed by atoms with van der Waals surface area (Å²) in [4.78, 5) is 18.2. The summed E-state index contributed by atoms with van der Waals surface area (Å²) in [6.07, 6.45) is 1.44. The number of nitrogens with two attached hydrogens (primary N) is 1. The van der Waals surface area contributed by atoms with Gasteiger partial charge in [-0.05, 0) is 57.1 Å². The zero-order chi connectivity index (χ0) is 22.0. The maximum Gasteiger partial charge on any atom is 0.341 e. The molecule has 29 heavy (non-hydrogen) atoms. The first-order valence-electron chi connectivity index (χ1n) is 10.4. The largest absolute Gasteiger partial charge is 0.456 e. The van der Waals surface area contributed by atoms with E-state index in [-0.39, 0.29) is 11.4 Å². The molecule has 0 aliphatic heterocycles. The van der Waals surface area contributed by atoms with E-state index in [0.717, 1.165) is 34.5 Å². The molecule has 0 atom stereocenters. The average molecular weight is 397 g/mol. The number of hydrogen-bond acceptors (Lipinski definition) is 4. The SMILES string of the molecule is CCc1nc(CC(C)(C)C)c(CN)c(-c2ccc(C)cc2)c1C(=O)OC(C)(C)C. The van der Waals surface area contributed by atoms with E-state index < -0.39 is 5.60 Å². The van der Waals surface area contributed by atoms with Gasteiger partial charge in [0.05, 0.1) is 11.3 Å². The quantitative estimate of drug-likeness (QED) is 0.666. The van der Waals surface area contributed by atoms with E-state index >= 15 is 0 Å². The fraction of sp³-hybridized carbons (Fsp3) is 0.520. The first kappa shape index (κ1) is 23.1. The summed E-state index contributed by atoms with van der Waals surface area (Å²) < 4.78 is 5.77. The van der Waals surface area contributed by atoms with Crippen molar-refractivity contribution in [1.82, 2.24) is 4.98 Å². The summed E-state index contributed by atoms with van der Waals surface area (Å²) in [6.45, 7) is 16.6. The molecule has 0 spiro atoms. The van der Waals surface area contributed by atoms with Crippen LogP contribution in [0.3, 0.4) is 0 Å². The van der Waals surface area contributed by atoms with Gasteiger partial charge in [0.15, 0.2) is 0 Å². The van der Waals surface area contributed by atoms with Gasteiger partial charge in [0.25, 0.3) is 0 Å². The molecule has 1 aromatic carbocycles. The van der Waals surface area contributed by atoms with E-state index in [1.54, 1.807) is 0 Å². The summed E-state index contributed by atoms with van der Waals surface area (Å²) in [6, 6.07) is 8.23. The molecule has 4 nitrogen and oxygen atoms in total. The molecule has 0 amide bonds. The average Bonchev–Trinajstić information content (AvgIpc) is 2.58. The second-order valence-electron chi connectivity index (χ2n) is 9.90. The molecular weight excluding hydrogens is 360 g/mol. The van der Waals surface area contributed by atoms with Gasteiger partial charge in [-0.1, -0.05) is 57.5 Å². The molecule has 1 aromatic heterocycles. The van der Waals surface area contributed by atoms with Crippen molar-refractivity contribution in [2.45, 2.75) is 80.4 Å². The van der Waals surface area contributed by atoms with Crippen LogP contribution in [-0.2, 0) is 24.1 Å². The molecule has 0 fully saturated rings. The number of aryl methyl sites for hydroxylation is 2. The highest BCUT2D eigenvalue weighted by atomic mass is 16.6. The molecule has 0 bridgehead atoms. The lowest BCUT2D eigenvalue weighted by Gasteiger charge is -2.26. The van der Waals surface area contributed by atoms with Crippen molar-refractivity contribution in [3.63, 3.8) is 0 Å². The van der Waals surface area contributed by atoms with E-state index in [0.29, 0.717) is 18.5 Å². The molecule has 1 heterocycles. The van der Waals surface area contributed by atoms with Crippen LogP contribution >= 0.6 is 0 Å². The molecular formula is C25H36N2O2. The van der Waals surface area contributed by atoms with Crippen LogP contribution in [0.25, 0.3) is 11.1 Å². The summed E-state index contributed by atoms with van der Waals surface area (Å²) in [5.41, 5.74) is 11.9. The summed E-state index contributed by atoms with van der Waals surface area (Å²) in [7, 11) is 0. The summed E-state index contributed by atoms with van der Waals surface area (Å²) in [5, 5.41) is 0. The number of ether oxygens (including phenoxy) is 1. The maximum atomic E-state index is 13.3. The van der Waals surface area contributed by atoms with Crippen molar-refractivity contribution in [3.05, 3.63) is 52.3 Å². The van der Waals surface area contributed by atoms with Crippen molar-refractivity contribution in [2.24, 2.45) is 11.1 Å². The topological polar surface area (TPSA) is 65.2 Å². The molecule has 0 aliphatic rings. The Balaban J connectivity index is 2.86. The molecule has 2 aromatic rings. The number of nitrogens with zero attached hydrogens (tertiary/aromatic N) is 1. The van der Waals surface area contributed by atoms with Crippen molar-refractivity contribution in [2.75, 3.05) is 0 Å².